The summed E-state index contributed by atoms with van der Waals surface area (Å²) in [4.78, 5) is 25.5. The van der Waals surface area contributed by atoms with Crippen molar-refractivity contribution in [3.8, 4) is 0 Å². The summed E-state index contributed by atoms with van der Waals surface area (Å²) >= 11 is 6.05. The fourth-order valence-corrected chi connectivity index (χ4v) is 2.58. The number of benzene rings is 1. The van der Waals surface area contributed by atoms with Crippen molar-refractivity contribution < 1.29 is 9.59 Å². The molecule has 1 aromatic carbocycles. The zero-order chi connectivity index (χ0) is 14.5. The van der Waals surface area contributed by atoms with Crippen LogP contribution >= 0.6 is 11.6 Å². The first-order valence-electron chi connectivity index (χ1n) is 6.95. The molecule has 1 aliphatic rings. The number of carbonyl (C=O) groups is 2. The van der Waals surface area contributed by atoms with Crippen molar-refractivity contribution in [1.82, 2.24) is 10.2 Å². The fraction of sp³-hybridized carbons (Fsp3) is 0.467. The fourth-order valence-electron chi connectivity index (χ4n) is 2.36. The van der Waals surface area contributed by atoms with Crippen LogP contribution in [0.1, 0.15) is 36.5 Å². The van der Waals surface area contributed by atoms with Gasteiger partial charge >= 0.3 is 0 Å². The average molecular weight is 295 g/mol. The molecule has 2 amide bonds. The molecule has 0 radical (unpaired) electrons. The van der Waals surface area contributed by atoms with E-state index in [2.05, 4.69) is 5.32 Å². The molecule has 0 unspecified atom stereocenters. The van der Waals surface area contributed by atoms with E-state index < -0.39 is 0 Å². The van der Waals surface area contributed by atoms with Gasteiger partial charge in [-0.05, 0) is 25.0 Å². The van der Waals surface area contributed by atoms with E-state index >= 15 is 0 Å². The standard InChI is InChI=1S/C15H19ClN2O2/c1-2-14(19)17-11-7-9-18(10-8-11)15(20)12-5-3-4-6-13(12)16/h3-6,11H,2,7-10H2,1H3,(H,17,19). The molecule has 1 N–H and O–H groups in total. The zero-order valence-electron chi connectivity index (χ0n) is 11.6. The second-order valence-electron chi connectivity index (χ2n) is 4.97. The van der Waals surface area contributed by atoms with Crippen LogP contribution in [0.3, 0.4) is 0 Å². The molecule has 20 heavy (non-hydrogen) atoms. The van der Waals surface area contributed by atoms with E-state index in [1.807, 2.05) is 19.1 Å². The lowest BCUT2D eigenvalue weighted by molar-refractivity contribution is -0.121. The number of nitrogens with zero attached hydrogens (tertiary/aromatic N) is 1. The Labute approximate surface area is 124 Å². The normalized spacial score (nSPS) is 16.0. The molecule has 0 spiro atoms. The van der Waals surface area contributed by atoms with Crippen molar-refractivity contribution in [1.29, 1.82) is 0 Å². The van der Waals surface area contributed by atoms with E-state index in [1.54, 1.807) is 17.0 Å². The summed E-state index contributed by atoms with van der Waals surface area (Å²) in [7, 11) is 0. The minimum Gasteiger partial charge on any atom is -0.353 e. The smallest absolute Gasteiger partial charge is 0.255 e. The van der Waals surface area contributed by atoms with Gasteiger partial charge in [-0.1, -0.05) is 30.7 Å². The molecule has 108 valence electrons. The van der Waals surface area contributed by atoms with Crippen molar-refractivity contribution in [2.24, 2.45) is 0 Å². The number of hydrogen-bond donors (Lipinski definition) is 1. The van der Waals surface area contributed by atoms with Crippen LogP contribution in [0.25, 0.3) is 0 Å². The summed E-state index contributed by atoms with van der Waals surface area (Å²) in [6, 6.07) is 7.27. The highest BCUT2D eigenvalue weighted by molar-refractivity contribution is 6.33. The van der Waals surface area contributed by atoms with Gasteiger partial charge in [-0.3, -0.25) is 9.59 Å². The van der Waals surface area contributed by atoms with Crippen LogP contribution in [-0.2, 0) is 4.79 Å². The highest BCUT2D eigenvalue weighted by Crippen LogP contribution is 2.19. The van der Waals surface area contributed by atoms with Crippen LogP contribution in [0.4, 0.5) is 0 Å². The van der Waals surface area contributed by atoms with Gasteiger partial charge in [0.15, 0.2) is 0 Å². The minimum absolute atomic E-state index is 0.0316. The van der Waals surface area contributed by atoms with Crippen LogP contribution in [0.15, 0.2) is 24.3 Å². The number of halogens is 1. The third-order valence-electron chi connectivity index (χ3n) is 3.57. The number of hydrogen-bond acceptors (Lipinski definition) is 2. The van der Waals surface area contributed by atoms with E-state index in [9.17, 15) is 9.59 Å². The van der Waals surface area contributed by atoms with Crippen molar-refractivity contribution in [3.63, 3.8) is 0 Å². The molecule has 1 saturated heterocycles. The van der Waals surface area contributed by atoms with Gasteiger partial charge < -0.3 is 10.2 Å². The maximum absolute atomic E-state index is 12.4. The Morgan fingerprint density at radius 2 is 1.95 bits per heavy atom. The topological polar surface area (TPSA) is 49.4 Å². The highest BCUT2D eigenvalue weighted by Gasteiger charge is 2.25. The van der Waals surface area contributed by atoms with Gasteiger partial charge in [0, 0.05) is 25.6 Å². The average Bonchev–Trinajstić information content (AvgIpc) is 2.47. The Hall–Kier alpha value is -1.55. The molecule has 4 nitrogen and oxygen atoms in total. The van der Waals surface area contributed by atoms with E-state index in [4.69, 9.17) is 11.6 Å². The number of carbonyl (C=O) groups excluding carboxylic acids is 2. The van der Waals surface area contributed by atoms with Crippen LogP contribution in [0.5, 0.6) is 0 Å². The van der Waals surface area contributed by atoms with E-state index in [0.29, 0.717) is 30.1 Å². The van der Waals surface area contributed by atoms with Crippen LogP contribution in [0.2, 0.25) is 5.02 Å². The molecule has 0 aromatic heterocycles. The SMILES string of the molecule is CCC(=O)NC1CCN(C(=O)c2ccccc2Cl)CC1. The lowest BCUT2D eigenvalue weighted by Gasteiger charge is -2.32. The Morgan fingerprint density at radius 1 is 1.30 bits per heavy atom. The number of rotatable bonds is 3. The molecular weight excluding hydrogens is 276 g/mol. The van der Waals surface area contributed by atoms with E-state index in [-0.39, 0.29) is 17.9 Å². The summed E-state index contributed by atoms with van der Waals surface area (Å²) in [5.74, 6) is 0.0387. The summed E-state index contributed by atoms with van der Waals surface area (Å²) in [5.41, 5.74) is 0.546. The third-order valence-corrected chi connectivity index (χ3v) is 3.90. The van der Waals surface area contributed by atoms with E-state index in [1.165, 1.54) is 0 Å². The Morgan fingerprint density at radius 3 is 2.55 bits per heavy atom. The minimum atomic E-state index is -0.0316. The molecule has 1 aliphatic heterocycles. The largest absolute Gasteiger partial charge is 0.353 e. The summed E-state index contributed by atoms with van der Waals surface area (Å²) in [6.07, 6.45) is 2.09. The van der Waals surface area contributed by atoms with E-state index in [0.717, 1.165) is 12.8 Å². The number of nitrogens with one attached hydrogen (secondary N) is 1. The van der Waals surface area contributed by atoms with Gasteiger partial charge in [-0.2, -0.15) is 0 Å². The Balaban J connectivity index is 1.92. The van der Waals surface area contributed by atoms with Gasteiger partial charge in [0.1, 0.15) is 0 Å². The first kappa shape index (κ1) is 14.9. The highest BCUT2D eigenvalue weighted by atomic mass is 35.5. The predicted molar refractivity (Wildman–Crippen MR) is 78.8 cm³/mol. The van der Waals surface area contributed by atoms with Crippen molar-refractivity contribution in [2.45, 2.75) is 32.2 Å². The van der Waals surface area contributed by atoms with Gasteiger partial charge in [0.05, 0.1) is 10.6 Å². The molecule has 0 atom stereocenters. The second kappa shape index (κ2) is 6.75. The molecule has 1 fully saturated rings. The maximum Gasteiger partial charge on any atom is 0.255 e. The summed E-state index contributed by atoms with van der Waals surface area (Å²) < 4.78 is 0. The lowest BCUT2D eigenvalue weighted by Crippen LogP contribution is -2.46. The quantitative estimate of drug-likeness (QED) is 0.931. The zero-order valence-corrected chi connectivity index (χ0v) is 12.3. The summed E-state index contributed by atoms with van der Waals surface area (Å²) in [6.45, 7) is 3.14. The van der Waals surface area contributed by atoms with Gasteiger partial charge in [0.25, 0.3) is 5.91 Å². The first-order valence-corrected chi connectivity index (χ1v) is 7.32. The lowest BCUT2D eigenvalue weighted by atomic mass is 10.0. The van der Waals surface area contributed by atoms with Gasteiger partial charge in [0.2, 0.25) is 5.91 Å². The van der Waals surface area contributed by atoms with Crippen LogP contribution in [-0.4, -0.2) is 35.8 Å². The van der Waals surface area contributed by atoms with Gasteiger partial charge in [-0.15, -0.1) is 0 Å². The second-order valence-corrected chi connectivity index (χ2v) is 5.37. The maximum atomic E-state index is 12.4. The first-order chi connectivity index (χ1) is 9.61. The summed E-state index contributed by atoms with van der Waals surface area (Å²) in [5, 5.41) is 3.46. The van der Waals surface area contributed by atoms with Crippen molar-refractivity contribution in [2.75, 3.05) is 13.1 Å². The number of likely N-dealkylation sites (tertiary alicyclic amines) is 1. The number of amides is 2. The molecule has 2 rings (SSSR count). The van der Waals surface area contributed by atoms with Gasteiger partial charge in [-0.25, -0.2) is 0 Å². The molecule has 0 bridgehead atoms. The van der Waals surface area contributed by atoms with Crippen molar-refractivity contribution >= 4 is 23.4 Å². The molecule has 0 saturated carbocycles. The van der Waals surface area contributed by atoms with Crippen LogP contribution in [0, 0.1) is 0 Å². The Bertz CT molecular complexity index is 496. The molecule has 5 heteroatoms. The Kier molecular flexibility index (Phi) is 5.01. The van der Waals surface area contributed by atoms with Crippen molar-refractivity contribution in [3.05, 3.63) is 34.9 Å². The predicted octanol–water partition coefficient (Wildman–Crippen LogP) is 2.47. The molecule has 1 heterocycles. The van der Waals surface area contributed by atoms with Crippen LogP contribution < -0.4 is 5.32 Å². The monoisotopic (exact) mass is 294 g/mol. The third kappa shape index (κ3) is 3.51. The molecular formula is C15H19ClN2O2. The molecule has 0 aliphatic carbocycles. The number of piperidine rings is 1. The molecule has 1 aromatic rings.